The van der Waals surface area contributed by atoms with Crippen LogP contribution in [0.25, 0.3) is 0 Å². The summed E-state index contributed by atoms with van der Waals surface area (Å²) in [5.74, 6) is -1.79. The van der Waals surface area contributed by atoms with Crippen molar-refractivity contribution in [3.63, 3.8) is 0 Å². The van der Waals surface area contributed by atoms with Crippen molar-refractivity contribution >= 4 is 12.1 Å². The molecule has 20 heavy (non-hydrogen) atoms. The van der Waals surface area contributed by atoms with Crippen molar-refractivity contribution in [3.05, 3.63) is 34.9 Å². The summed E-state index contributed by atoms with van der Waals surface area (Å²) in [6.07, 6.45) is -2.84. The minimum atomic E-state index is -4.83. The number of hydrogen-bond acceptors (Lipinski definition) is 3. The maximum absolute atomic E-state index is 12.4. The first-order chi connectivity index (χ1) is 9.41. The van der Waals surface area contributed by atoms with Gasteiger partial charge in [0.1, 0.15) is 0 Å². The van der Waals surface area contributed by atoms with Crippen molar-refractivity contribution in [2.75, 3.05) is 13.1 Å². The minimum Gasteiger partial charge on any atom is -0.411 e. The van der Waals surface area contributed by atoms with E-state index < -0.39 is 12.1 Å². The Balaban J connectivity index is 2.16. The molecule has 1 amide bonds. The summed E-state index contributed by atoms with van der Waals surface area (Å²) in [7, 11) is 0. The molecule has 1 heterocycles. The van der Waals surface area contributed by atoms with Crippen LogP contribution in [0.4, 0.5) is 13.2 Å². The van der Waals surface area contributed by atoms with E-state index in [1.807, 2.05) is 0 Å². The Morgan fingerprint density at radius 2 is 1.90 bits per heavy atom. The number of fused-ring (bicyclic) bond motifs is 1. The number of hydrogen-bond donors (Lipinski definition) is 1. The molecule has 7 heteroatoms. The molecule has 0 spiro atoms. The molecule has 0 atom stereocenters. The molecule has 0 radical (unpaired) electrons. The van der Waals surface area contributed by atoms with Crippen LogP contribution in [0.1, 0.15) is 16.7 Å². The molecule has 2 rings (SSSR count). The quantitative estimate of drug-likeness (QED) is 0.487. The molecule has 0 fully saturated rings. The first-order valence-corrected chi connectivity index (χ1v) is 6.07. The van der Waals surface area contributed by atoms with Gasteiger partial charge < -0.3 is 10.1 Å². The molecule has 4 nitrogen and oxygen atoms in total. The highest BCUT2D eigenvalue weighted by molar-refractivity contribution is 5.82. The zero-order valence-electron chi connectivity index (χ0n) is 10.5. The molecule has 1 N–H and O–H groups in total. The third-order valence-electron chi connectivity index (χ3n) is 3.27. The second-order valence-corrected chi connectivity index (χ2v) is 4.56. The van der Waals surface area contributed by atoms with Crippen LogP contribution in [0.5, 0.6) is 0 Å². The van der Waals surface area contributed by atoms with E-state index in [9.17, 15) is 18.0 Å². The van der Waals surface area contributed by atoms with E-state index in [0.29, 0.717) is 18.4 Å². The second kappa shape index (κ2) is 5.52. The lowest BCUT2D eigenvalue weighted by Gasteiger charge is -2.21. The van der Waals surface area contributed by atoms with E-state index in [1.54, 1.807) is 18.2 Å². The molecule has 0 aromatic heterocycles. The normalized spacial score (nSPS) is 16.1. The Hall–Kier alpha value is -2.05. The smallest absolute Gasteiger partial charge is 0.411 e. The van der Waals surface area contributed by atoms with Crippen LogP contribution < -0.4 is 0 Å². The van der Waals surface area contributed by atoms with Crippen molar-refractivity contribution in [2.24, 2.45) is 5.16 Å². The summed E-state index contributed by atoms with van der Waals surface area (Å²) >= 11 is 0. The van der Waals surface area contributed by atoms with E-state index in [0.717, 1.165) is 16.0 Å². The number of nitrogens with zero attached hydrogens (tertiary/aromatic N) is 2. The summed E-state index contributed by atoms with van der Waals surface area (Å²) in [5, 5.41) is 11.4. The highest BCUT2D eigenvalue weighted by atomic mass is 19.4. The van der Waals surface area contributed by atoms with Crippen molar-refractivity contribution in [3.8, 4) is 0 Å². The molecule has 0 bridgehead atoms. The predicted molar refractivity (Wildman–Crippen MR) is 65.9 cm³/mol. The maximum atomic E-state index is 12.4. The van der Waals surface area contributed by atoms with Gasteiger partial charge in [-0.25, -0.2) is 0 Å². The fourth-order valence-electron chi connectivity index (χ4n) is 2.27. The number of rotatable bonds is 1. The molecule has 108 valence electrons. The lowest BCUT2D eigenvalue weighted by molar-refractivity contribution is -0.185. The first kappa shape index (κ1) is 14.4. The van der Waals surface area contributed by atoms with Gasteiger partial charge in [0, 0.05) is 13.1 Å². The van der Waals surface area contributed by atoms with Crippen LogP contribution >= 0.6 is 0 Å². The molecular formula is C13H13F3N2O2. The Bertz CT molecular complexity index is 541. The number of halogens is 3. The van der Waals surface area contributed by atoms with Crippen LogP contribution in [0, 0.1) is 0 Å². The van der Waals surface area contributed by atoms with Gasteiger partial charge in [-0.3, -0.25) is 4.79 Å². The minimum absolute atomic E-state index is 0.0328. The number of oxime groups is 1. The molecule has 1 aliphatic rings. The third-order valence-corrected chi connectivity index (χ3v) is 3.27. The average molecular weight is 286 g/mol. The fourth-order valence-corrected chi connectivity index (χ4v) is 2.27. The summed E-state index contributed by atoms with van der Waals surface area (Å²) in [5.41, 5.74) is 2.46. The van der Waals surface area contributed by atoms with Crippen LogP contribution in [-0.4, -0.2) is 41.5 Å². The average Bonchev–Trinajstić information content (AvgIpc) is 2.59. The fraction of sp³-hybridized carbons (Fsp3) is 0.385. The van der Waals surface area contributed by atoms with E-state index in [1.165, 1.54) is 6.21 Å². The highest BCUT2D eigenvalue weighted by Gasteiger charge is 2.42. The largest absolute Gasteiger partial charge is 0.471 e. The summed E-state index contributed by atoms with van der Waals surface area (Å²) < 4.78 is 37.3. The Kier molecular flexibility index (Phi) is 3.96. The van der Waals surface area contributed by atoms with Crippen molar-refractivity contribution in [1.29, 1.82) is 0 Å². The van der Waals surface area contributed by atoms with Crippen molar-refractivity contribution in [2.45, 2.75) is 19.0 Å². The van der Waals surface area contributed by atoms with Gasteiger partial charge in [0.05, 0.1) is 6.21 Å². The van der Waals surface area contributed by atoms with Gasteiger partial charge >= 0.3 is 12.1 Å². The maximum Gasteiger partial charge on any atom is 0.471 e. The molecular weight excluding hydrogens is 273 g/mol. The van der Waals surface area contributed by atoms with Crippen LogP contribution in [0.15, 0.2) is 23.4 Å². The number of alkyl halides is 3. The molecule has 0 saturated heterocycles. The zero-order chi connectivity index (χ0) is 14.8. The number of benzene rings is 1. The number of carbonyl (C=O) groups excluding carboxylic acids is 1. The van der Waals surface area contributed by atoms with Gasteiger partial charge in [0.2, 0.25) is 0 Å². The van der Waals surface area contributed by atoms with Gasteiger partial charge in [-0.2, -0.15) is 13.2 Å². The standard InChI is InChI=1S/C13H13F3N2O2/c14-13(15,16)12(19)18-5-3-10-2-1-9(8-17-20)7-11(10)4-6-18/h1-2,7-8,20H,3-6H2. The molecule has 0 saturated carbocycles. The number of carbonyl (C=O) groups is 1. The predicted octanol–water partition coefficient (Wildman–Crippen LogP) is 1.98. The Morgan fingerprint density at radius 3 is 2.50 bits per heavy atom. The van der Waals surface area contributed by atoms with Crippen LogP contribution in [0.3, 0.4) is 0 Å². The SMILES string of the molecule is O=C(N1CCc2ccc(C=NO)cc2CC1)C(F)(F)F. The van der Waals surface area contributed by atoms with Gasteiger partial charge in [0.15, 0.2) is 0 Å². The summed E-state index contributed by atoms with van der Waals surface area (Å²) in [4.78, 5) is 12.1. The van der Waals surface area contributed by atoms with E-state index in [-0.39, 0.29) is 13.1 Å². The molecule has 1 aromatic carbocycles. The second-order valence-electron chi connectivity index (χ2n) is 4.56. The highest BCUT2D eigenvalue weighted by Crippen LogP contribution is 2.22. The molecule has 1 aliphatic heterocycles. The molecule has 0 unspecified atom stereocenters. The van der Waals surface area contributed by atoms with Gasteiger partial charge in [-0.05, 0) is 35.6 Å². The zero-order valence-corrected chi connectivity index (χ0v) is 10.5. The molecule has 1 aromatic rings. The van der Waals surface area contributed by atoms with Gasteiger partial charge in [0.25, 0.3) is 0 Å². The van der Waals surface area contributed by atoms with Crippen molar-refractivity contribution < 1.29 is 23.2 Å². The lowest BCUT2D eigenvalue weighted by Crippen LogP contribution is -2.42. The van der Waals surface area contributed by atoms with E-state index in [4.69, 9.17) is 5.21 Å². The van der Waals surface area contributed by atoms with E-state index in [2.05, 4.69) is 5.16 Å². The van der Waals surface area contributed by atoms with E-state index >= 15 is 0 Å². The Labute approximate surface area is 113 Å². The van der Waals surface area contributed by atoms with Crippen LogP contribution in [-0.2, 0) is 17.6 Å². The number of amides is 1. The summed E-state index contributed by atoms with van der Waals surface area (Å²) in [6, 6.07) is 5.27. The lowest BCUT2D eigenvalue weighted by atomic mass is 10.0. The van der Waals surface area contributed by atoms with Gasteiger partial charge in [-0.1, -0.05) is 17.3 Å². The van der Waals surface area contributed by atoms with Crippen molar-refractivity contribution in [1.82, 2.24) is 4.90 Å². The molecule has 0 aliphatic carbocycles. The van der Waals surface area contributed by atoms with Gasteiger partial charge in [-0.15, -0.1) is 0 Å². The monoisotopic (exact) mass is 286 g/mol. The third kappa shape index (κ3) is 3.09. The summed E-state index contributed by atoms with van der Waals surface area (Å²) in [6.45, 7) is 0.0871. The topological polar surface area (TPSA) is 52.9 Å². The van der Waals surface area contributed by atoms with Crippen LogP contribution in [0.2, 0.25) is 0 Å². The first-order valence-electron chi connectivity index (χ1n) is 6.07. The Morgan fingerprint density at radius 1 is 1.25 bits per heavy atom.